The number of hydrogen-bond donors (Lipinski definition) is 1. The molecule has 3 rings (SSSR count). The Hall–Kier alpha value is -2.33. The van der Waals surface area contributed by atoms with Crippen molar-refractivity contribution in [3.63, 3.8) is 0 Å². The summed E-state index contributed by atoms with van der Waals surface area (Å²) in [5.41, 5.74) is 2.18. The molecule has 1 aromatic carbocycles. The van der Waals surface area contributed by atoms with Crippen molar-refractivity contribution in [1.82, 2.24) is 14.9 Å². The zero-order valence-electron chi connectivity index (χ0n) is 14.0. The summed E-state index contributed by atoms with van der Waals surface area (Å²) in [7, 11) is 1.93. The van der Waals surface area contributed by atoms with Gasteiger partial charge >= 0.3 is 0 Å². The van der Waals surface area contributed by atoms with Gasteiger partial charge in [-0.2, -0.15) is 0 Å². The number of nitrogens with zero attached hydrogens (tertiary/aromatic N) is 2. The maximum atomic E-state index is 12.6. The Morgan fingerprint density at radius 3 is 2.67 bits per heavy atom. The first-order chi connectivity index (χ1) is 11.3. The lowest BCUT2D eigenvalue weighted by Crippen LogP contribution is -2.45. The van der Waals surface area contributed by atoms with E-state index >= 15 is 0 Å². The van der Waals surface area contributed by atoms with Crippen molar-refractivity contribution in [2.24, 2.45) is 7.05 Å². The third-order valence-electron chi connectivity index (χ3n) is 3.98. The summed E-state index contributed by atoms with van der Waals surface area (Å²) < 4.78 is 1.93. The molecule has 124 valence electrons. The number of hydrogen-bond acceptors (Lipinski definition) is 2. The van der Waals surface area contributed by atoms with E-state index in [0.29, 0.717) is 10.6 Å². The van der Waals surface area contributed by atoms with Crippen LogP contribution in [0.25, 0.3) is 11.0 Å². The summed E-state index contributed by atoms with van der Waals surface area (Å²) in [5.74, 6) is -0.118. The van der Waals surface area contributed by atoms with E-state index in [0.717, 1.165) is 23.0 Å². The number of pyridine rings is 1. The second-order valence-corrected chi connectivity index (χ2v) is 7.14. The summed E-state index contributed by atoms with van der Waals surface area (Å²) >= 11 is 5.92. The summed E-state index contributed by atoms with van der Waals surface area (Å²) in [6.45, 7) is 4.02. The van der Waals surface area contributed by atoms with Gasteiger partial charge in [-0.15, -0.1) is 0 Å². The molecule has 0 saturated heterocycles. The van der Waals surface area contributed by atoms with E-state index in [-0.39, 0.29) is 11.4 Å². The van der Waals surface area contributed by atoms with Gasteiger partial charge in [0.2, 0.25) is 0 Å². The average molecular weight is 342 g/mol. The smallest absolute Gasteiger partial charge is 0.253 e. The minimum atomic E-state index is -0.378. The average Bonchev–Trinajstić information content (AvgIpc) is 2.90. The summed E-state index contributed by atoms with van der Waals surface area (Å²) in [6, 6.07) is 11.5. The molecule has 0 spiro atoms. The van der Waals surface area contributed by atoms with E-state index in [9.17, 15) is 4.79 Å². The van der Waals surface area contributed by atoms with E-state index in [1.807, 2.05) is 68.1 Å². The summed E-state index contributed by atoms with van der Waals surface area (Å²) in [6.07, 6.45) is 4.27. The highest BCUT2D eigenvalue weighted by Crippen LogP contribution is 2.18. The molecule has 24 heavy (non-hydrogen) atoms. The molecule has 2 aromatic heterocycles. The number of nitrogens with one attached hydrogen (secondary N) is 1. The Morgan fingerprint density at radius 1 is 1.25 bits per heavy atom. The number of amides is 1. The third kappa shape index (κ3) is 3.60. The number of rotatable bonds is 4. The molecule has 0 aliphatic heterocycles. The second kappa shape index (κ2) is 6.29. The molecule has 3 aromatic rings. The Balaban J connectivity index is 1.74. The van der Waals surface area contributed by atoms with Gasteiger partial charge in [0, 0.05) is 35.4 Å². The fourth-order valence-corrected chi connectivity index (χ4v) is 2.94. The lowest BCUT2D eigenvalue weighted by molar-refractivity contribution is 0.0913. The summed E-state index contributed by atoms with van der Waals surface area (Å²) in [4.78, 5) is 16.9. The van der Waals surface area contributed by atoms with Crippen LogP contribution in [-0.2, 0) is 13.5 Å². The normalized spacial score (nSPS) is 11.7. The SMILES string of the molecule is Cn1ccc2cc(C(=O)NC(C)(C)Cc3ccc(Cl)cc3)cnc21. The summed E-state index contributed by atoms with van der Waals surface area (Å²) in [5, 5.41) is 4.76. The molecule has 0 aliphatic carbocycles. The van der Waals surface area contributed by atoms with Crippen molar-refractivity contribution in [1.29, 1.82) is 0 Å². The van der Waals surface area contributed by atoms with E-state index in [2.05, 4.69) is 10.3 Å². The van der Waals surface area contributed by atoms with Crippen molar-refractivity contribution < 1.29 is 4.79 Å². The topological polar surface area (TPSA) is 46.9 Å². The molecule has 0 radical (unpaired) electrons. The van der Waals surface area contributed by atoms with Gasteiger partial charge in [-0.1, -0.05) is 23.7 Å². The predicted octanol–water partition coefficient (Wildman–Crippen LogP) is 3.98. The molecule has 0 aliphatic rings. The third-order valence-corrected chi connectivity index (χ3v) is 4.23. The zero-order chi connectivity index (χ0) is 17.3. The number of halogens is 1. The van der Waals surface area contributed by atoms with Gasteiger partial charge < -0.3 is 9.88 Å². The number of carbonyl (C=O) groups excluding carboxylic acids is 1. The standard InChI is InChI=1S/C19H20ClN3O/c1-19(2,11-13-4-6-16(20)7-5-13)22-18(24)15-10-14-8-9-23(3)17(14)21-12-15/h4-10,12H,11H2,1-3H3,(H,22,24). The van der Waals surface area contributed by atoms with Crippen LogP contribution in [0.3, 0.4) is 0 Å². The van der Waals surface area contributed by atoms with Crippen LogP contribution < -0.4 is 5.32 Å². The Bertz CT molecular complexity index is 881. The van der Waals surface area contributed by atoms with Gasteiger partial charge in [0.15, 0.2) is 0 Å². The highest BCUT2D eigenvalue weighted by atomic mass is 35.5. The predicted molar refractivity (Wildman–Crippen MR) is 97.4 cm³/mol. The first kappa shape index (κ1) is 16.5. The Kier molecular flexibility index (Phi) is 4.33. The van der Waals surface area contributed by atoms with Crippen LogP contribution in [0, 0.1) is 0 Å². The largest absolute Gasteiger partial charge is 0.347 e. The monoisotopic (exact) mass is 341 g/mol. The molecular formula is C19H20ClN3O. The molecule has 2 heterocycles. The van der Waals surface area contributed by atoms with E-state index < -0.39 is 0 Å². The first-order valence-electron chi connectivity index (χ1n) is 7.82. The molecule has 0 fully saturated rings. The number of fused-ring (bicyclic) bond motifs is 1. The van der Waals surface area contributed by atoms with Gasteiger partial charge in [0.25, 0.3) is 5.91 Å². The van der Waals surface area contributed by atoms with Crippen LogP contribution in [-0.4, -0.2) is 21.0 Å². The molecule has 4 nitrogen and oxygen atoms in total. The number of aryl methyl sites for hydroxylation is 1. The number of carbonyl (C=O) groups is 1. The highest BCUT2D eigenvalue weighted by molar-refractivity contribution is 6.30. The lowest BCUT2D eigenvalue weighted by atomic mass is 9.94. The molecule has 1 N–H and O–H groups in total. The minimum absolute atomic E-state index is 0.118. The van der Waals surface area contributed by atoms with Crippen molar-refractivity contribution in [2.45, 2.75) is 25.8 Å². The maximum absolute atomic E-state index is 12.6. The van der Waals surface area contributed by atoms with Gasteiger partial charge in [-0.05, 0) is 50.1 Å². The van der Waals surface area contributed by atoms with Gasteiger partial charge in [-0.25, -0.2) is 4.98 Å². The van der Waals surface area contributed by atoms with Crippen LogP contribution >= 0.6 is 11.6 Å². The number of aromatic nitrogens is 2. The fourth-order valence-electron chi connectivity index (χ4n) is 2.82. The van der Waals surface area contributed by atoms with E-state index in [4.69, 9.17) is 11.6 Å². The van der Waals surface area contributed by atoms with Gasteiger partial charge in [0.1, 0.15) is 5.65 Å². The first-order valence-corrected chi connectivity index (χ1v) is 8.20. The van der Waals surface area contributed by atoms with Crippen LogP contribution in [0.2, 0.25) is 5.02 Å². The van der Waals surface area contributed by atoms with Crippen molar-refractivity contribution in [3.05, 3.63) is 64.9 Å². The molecule has 1 amide bonds. The molecule has 0 bridgehead atoms. The second-order valence-electron chi connectivity index (χ2n) is 6.70. The van der Waals surface area contributed by atoms with Crippen molar-refractivity contribution in [3.8, 4) is 0 Å². The van der Waals surface area contributed by atoms with Crippen molar-refractivity contribution in [2.75, 3.05) is 0 Å². The number of benzene rings is 1. The lowest BCUT2D eigenvalue weighted by Gasteiger charge is -2.26. The minimum Gasteiger partial charge on any atom is -0.347 e. The fraction of sp³-hybridized carbons (Fsp3) is 0.263. The van der Waals surface area contributed by atoms with Gasteiger partial charge in [0.05, 0.1) is 5.56 Å². The molecule has 0 saturated carbocycles. The quantitative estimate of drug-likeness (QED) is 0.780. The van der Waals surface area contributed by atoms with Crippen LogP contribution in [0.4, 0.5) is 0 Å². The van der Waals surface area contributed by atoms with Crippen molar-refractivity contribution >= 4 is 28.5 Å². The highest BCUT2D eigenvalue weighted by Gasteiger charge is 2.22. The van der Waals surface area contributed by atoms with E-state index in [1.54, 1.807) is 6.20 Å². The van der Waals surface area contributed by atoms with Crippen LogP contribution in [0.15, 0.2) is 48.8 Å². The zero-order valence-corrected chi connectivity index (χ0v) is 14.8. The molecule has 0 unspecified atom stereocenters. The van der Waals surface area contributed by atoms with E-state index in [1.165, 1.54) is 0 Å². The Labute approximate surface area is 146 Å². The van der Waals surface area contributed by atoms with Crippen LogP contribution in [0.1, 0.15) is 29.8 Å². The molecule has 0 atom stereocenters. The van der Waals surface area contributed by atoms with Gasteiger partial charge in [-0.3, -0.25) is 4.79 Å². The van der Waals surface area contributed by atoms with Crippen LogP contribution in [0.5, 0.6) is 0 Å². The molecule has 5 heteroatoms. The molecular weight excluding hydrogens is 322 g/mol. The Morgan fingerprint density at radius 2 is 1.96 bits per heavy atom. The maximum Gasteiger partial charge on any atom is 0.253 e.